The van der Waals surface area contributed by atoms with E-state index in [1.807, 2.05) is 0 Å². The molecule has 0 spiro atoms. The number of ether oxygens (including phenoxy) is 2. The third-order valence-corrected chi connectivity index (χ3v) is 3.91. The van der Waals surface area contributed by atoms with Gasteiger partial charge in [0.05, 0.1) is 14.2 Å². The van der Waals surface area contributed by atoms with Crippen molar-refractivity contribution >= 4 is 27.6 Å². The van der Waals surface area contributed by atoms with Crippen LogP contribution in [0.15, 0.2) is 23.1 Å². The van der Waals surface area contributed by atoms with Crippen LogP contribution < -0.4 is 14.2 Å². The number of benzene rings is 1. The van der Waals surface area contributed by atoms with Gasteiger partial charge in [0.25, 0.3) is 10.0 Å². The van der Waals surface area contributed by atoms with Crippen LogP contribution >= 0.6 is 11.6 Å². The number of aromatic amines is 1. The molecule has 2 rings (SSSR count). The first-order valence-corrected chi connectivity index (χ1v) is 7.15. The number of sulfonamides is 1. The lowest BCUT2D eigenvalue weighted by molar-refractivity contribution is 0.382. The van der Waals surface area contributed by atoms with Crippen molar-refractivity contribution in [2.75, 3.05) is 18.9 Å². The first-order valence-electron chi connectivity index (χ1n) is 5.29. The molecule has 20 heavy (non-hydrogen) atoms. The molecule has 0 radical (unpaired) electrons. The van der Waals surface area contributed by atoms with Gasteiger partial charge < -0.3 is 9.47 Å². The van der Waals surface area contributed by atoms with Crippen molar-refractivity contribution in [2.45, 2.75) is 4.90 Å². The minimum absolute atomic E-state index is 0.0192. The van der Waals surface area contributed by atoms with Crippen molar-refractivity contribution in [1.82, 2.24) is 15.2 Å². The number of nitrogens with one attached hydrogen (secondary N) is 2. The van der Waals surface area contributed by atoms with E-state index in [2.05, 4.69) is 19.9 Å². The van der Waals surface area contributed by atoms with Crippen molar-refractivity contribution in [3.63, 3.8) is 0 Å². The maximum Gasteiger partial charge on any atom is 0.336 e. The third-order valence-electron chi connectivity index (χ3n) is 2.29. The first kappa shape index (κ1) is 14.4. The fourth-order valence-corrected chi connectivity index (χ4v) is 2.70. The van der Waals surface area contributed by atoms with E-state index in [-0.39, 0.29) is 22.6 Å². The predicted octanol–water partition coefficient (Wildman–Crippen LogP) is 1.28. The summed E-state index contributed by atoms with van der Waals surface area (Å²) in [5, 5.41) is 6.38. The smallest absolute Gasteiger partial charge is 0.336 e. The largest absolute Gasteiger partial charge is 0.495 e. The number of hydrogen-bond donors (Lipinski definition) is 2. The zero-order valence-electron chi connectivity index (χ0n) is 10.5. The van der Waals surface area contributed by atoms with Crippen LogP contribution in [0.1, 0.15) is 0 Å². The third kappa shape index (κ3) is 2.94. The van der Waals surface area contributed by atoms with Gasteiger partial charge in [0.1, 0.15) is 10.6 Å². The van der Waals surface area contributed by atoms with Crippen molar-refractivity contribution < 1.29 is 17.9 Å². The molecule has 1 aromatic heterocycles. The molecule has 108 valence electrons. The Hall–Kier alpha value is -2.00. The summed E-state index contributed by atoms with van der Waals surface area (Å²) in [5.74, 6) is 0.0512. The van der Waals surface area contributed by atoms with E-state index in [9.17, 15) is 8.42 Å². The summed E-state index contributed by atoms with van der Waals surface area (Å²) in [6.07, 6.45) is 0. The van der Waals surface area contributed by atoms with Gasteiger partial charge in [-0.3, -0.25) is 0 Å². The van der Waals surface area contributed by atoms with Crippen LogP contribution in [0.3, 0.4) is 0 Å². The fourth-order valence-electron chi connectivity index (χ4n) is 1.43. The molecular weight excluding hydrogens is 308 g/mol. The summed E-state index contributed by atoms with van der Waals surface area (Å²) in [7, 11) is -1.18. The Bertz CT molecular complexity index is 716. The van der Waals surface area contributed by atoms with Crippen molar-refractivity contribution in [3.05, 3.63) is 23.2 Å². The summed E-state index contributed by atoms with van der Waals surface area (Å²) in [4.78, 5) is 3.70. The number of halogens is 1. The number of hydrogen-bond acceptors (Lipinski definition) is 6. The molecule has 1 heterocycles. The zero-order valence-corrected chi connectivity index (χ0v) is 12.1. The average molecular weight is 319 g/mol. The fraction of sp³-hybridized carbons (Fsp3) is 0.200. The van der Waals surface area contributed by atoms with Crippen molar-refractivity contribution in [2.24, 2.45) is 0 Å². The molecule has 0 fully saturated rings. The second-order valence-electron chi connectivity index (χ2n) is 3.57. The summed E-state index contributed by atoms with van der Waals surface area (Å²) >= 11 is 5.79. The van der Waals surface area contributed by atoms with E-state index in [1.54, 1.807) is 0 Å². The van der Waals surface area contributed by atoms with Gasteiger partial charge in [-0.05, 0) is 12.1 Å². The van der Waals surface area contributed by atoms with Crippen molar-refractivity contribution in [3.8, 4) is 11.8 Å². The molecular formula is C10H11ClN4O4S. The zero-order chi connectivity index (χ0) is 14.8. The van der Waals surface area contributed by atoms with Crippen LogP contribution in [0.25, 0.3) is 0 Å². The monoisotopic (exact) mass is 318 g/mol. The number of rotatable bonds is 5. The van der Waals surface area contributed by atoms with Gasteiger partial charge in [-0.25, -0.2) is 18.2 Å². The van der Waals surface area contributed by atoms with Crippen LogP contribution in [0.2, 0.25) is 5.02 Å². The lowest BCUT2D eigenvalue weighted by Crippen LogP contribution is -2.15. The highest BCUT2D eigenvalue weighted by molar-refractivity contribution is 7.92. The molecule has 1 aromatic carbocycles. The van der Waals surface area contributed by atoms with Gasteiger partial charge in [-0.2, -0.15) is 4.98 Å². The van der Waals surface area contributed by atoms with E-state index in [0.717, 1.165) is 0 Å². The second kappa shape index (κ2) is 5.55. The Labute approximate surface area is 120 Å². The van der Waals surface area contributed by atoms with Crippen LogP contribution in [-0.4, -0.2) is 37.8 Å². The summed E-state index contributed by atoms with van der Waals surface area (Å²) < 4.78 is 36.4. The predicted molar refractivity (Wildman–Crippen MR) is 71.7 cm³/mol. The Kier molecular flexibility index (Phi) is 4.00. The standard InChI is InChI=1S/C10H11ClN4O4S/c1-18-7-5-6(11)3-4-8(7)20(16,17)15-9-12-10(19-2)14-13-9/h3-5H,1-2H3,(H2,12,13,14,15). The van der Waals surface area contributed by atoms with Gasteiger partial charge in [0, 0.05) is 11.1 Å². The maximum atomic E-state index is 12.2. The number of H-pyrrole nitrogens is 1. The second-order valence-corrected chi connectivity index (χ2v) is 5.66. The van der Waals surface area contributed by atoms with E-state index >= 15 is 0 Å². The van der Waals surface area contributed by atoms with Gasteiger partial charge in [0.15, 0.2) is 0 Å². The minimum atomic E-state index is -3.89. The van der Waals surface area contributed by atoms with Crippen LogP contribution in [0, 0.1) is 0 Å². The molecule has 0 saturated carbocycles. The summed E-state index contributed by atoms with van der Waals surface area (Å²) in [6, 6.07) is 4.19. The molecule has 0 atom stereocenters. The van der Waals surface area contributed by atoms with Gasteiger partial charge >= 0.3 is 6.01 Å². The van der Waals surface area contributed by atoms with Crippen LogP contribution in [-0.2, 0) is 10.0 Å². The summed E-state index contributed by atoms with van der Waals surface area (Å²) in [5.41, 5.74) is 0. The van der Waals surface area contributed by atoms with Crippen LogP contribution in [0.5, 0.6) is 11.8 Å². The number of aromatic nitrogens is 3. The molecule has 2 N–H and O–H groups in total. The number of methoxy groups -OCH3 is 2. The molecule has 0 bridgehead atoms. The van der Waals surface area contributed by atoms with Gasteiger partial charge in [0.2, 0.25) is 5.95 Å². The average Bonchev–Trinajstić information content (AvgIpc) is 2.85. The molecule has 0 aliphatic carbocycles. The van der Waals surface area contributed by atoms with E-state index in [4.69, 9.17) is 21.1 Å². The topological polar surface area (TPSA) is 106 Å². The van der Waals surface area contributed by atoms with E-state index in [0.29, 0.717) is 5.02 Å². The molecule has 0 aliphatic heterocycles. The van der Waals surface area contributed by atoms with Gasteiger partial charge in [-0.1, -0.05) is 11.6 Å². The molecule has 0 amide bonds. The summed E-state index contributed by atoms with van der Waals surface area (Å²) in [6.45, 7) is 0. The highest BCUT2D eigenvalue weighted by atomic mass is 35.5. The Balaban J connectivity index is 2.35. The number of anilines is 1. The molecule has 0 saturated heterocycles. The normalized spacial score (nSPS) is 11.2. The minimum Gasteiger partial charge on any atom is -0.495 e. The van der Waals surface area contributed by atoms with Crippen LogP contribution in [0.4, 0.5) is 5.95 Å². The molecule has 2 aromatic rings. The molecule has 0 unspecified atom stereocenters. The van der Waals surface area contributed by atoms with E-state index < -0.39 is 10.0 Å². The van der Waals surface area contributed by atoms with Crippen molar-refractivity contribution in [1.29, 1.82) is 0 Å². The maximum absolute atomic E-state index is 12.2. The SMILES string of the molecule is COc1n[nH]c(NS(=O)(=O)c2ccc(Cl)cc2OC)n1. The lowest BCUT2D eigenvalue weighted by Gasteiger charge is -2.09. The quantitative estimate of drug-likeness (QED) is 0.860. The Morgan fingerprint density at radius 1 is 1.30 bits per heavy atom. The lowest BCUT2D eigenvalue weighted by atomic mass is 10.3. The number of nitrogens with zero attached hydrogens (tertiary/aromatic N) is 2. The van der Waals surface area contributed by atoms with Gasteiger partial charge in [-0.15, -0.1) is 5.10 Å². The highest BCUT2D eigenvalue weighted by Crippen LogP contribution is 2.28. The molecule has 0 aliphatic rings. The molecule has 8 nitrogen and oxygen atoms in total. The Morgan fingerprint density at radius 2 is 2.05 bits per heavy atom. The van der Waals surface area contributed by atoms with E-state index in [1.165, 1.54) is 32.4 Å². The molecule has 10 heteroatoms. The highest BCUT2D eigenvalue weighted by Gasteiger charge is 2.21. The Morgan fingerprint density at radius 3 is 2.65 bits per heavy atom. The first-order chi connectivity index (χ1) is 9.46.